The summed E-state index contributed by atoms with van der Waals surface area (Å²) < 4.78 is 34.5. The van der Waals surface area contributed by atoms with Gasteiger partial charge in [0.25, 0.3) is 0 Å². The highest BCUT2D eigenvalue weighted by Crippen LogP contribution is 2.27. The van der Waals surface area contributed by atoms with Gasteiger partial charge in [0.2, 0.25) is 15.8 Å². The SMILES string of the molecule is CCCn1c(C)cc(C(=O)COC(=O)c2sccc2S(=O)(=O)NC2CC2)c1C. The number of esters is 1. The molecular formula is C19H24N2O5S2. The van der Waals surface area contributed by atoms with Gasteiger partial charge in [-0.3, -0.25) is 4.79 Å². The smallest absolute Gasteiger partial charge is 0.350 e. The number of ketones is 1. The van der Waals surface area contributed by atoms with Crippen LogP contribution in [-0.4, -0.2) is 37.4 Å². The molecule has 0 aromatic carbocycles. The molecule has 2 aromatic rings. The Morgan fingerprint density at radius 3 is 2.68 bits per heavy atom. The number of sulfonamides is 1. The molecule has 28 heavy (non-hydrogen) atoms. The van der Waals surface area contributed by atoms with Crippen LogP contribution in [0.4, 0.5) is 0 Å². The van der Waals surface area contributed by atoms with Gasteiger partial charge in [-0.05, 0) is 50.6 Å². The van der Waals surface area contributed by atoms with E-state index in [-0.39, 0.29) is 21.6 Å². The predicted molar refractivity (Wildman–Crippen MR) is 106 cm³/mol. The van der Waals surface area contributed by atoms with E-state index in [0.29, 0.717) is 5.56 Å². The van der Waals surface area contributed by atoms with Crippen molar-refractivity contribution in [1.29, 1.82) is 0 Å². The van der Waals surface area contributed by atoms with Gasteiger partial charge in [0, 0.05) is 29.5 Å². The Kier molecular flexibility index (Phi) is 6.07. The number of hydrogen-bond donors (Lipinski definition) is 1. The minimum atomic E-state index is -3.76. The average molecular weight is 425 g/mol. The molecule has 0 spiro atoms. The molecular weight excluding hydrogens is 400 g/mol. The van der Waals surface area contributed by atoms with Crippen LogP contribution >= 0.6 is 11.3 Å². The molecule has 0 amide bonds. The lowest BCUT2D eigenvalue weighted by molar-refractivity contribution is 0.0476. The van der Waals surface area contributed by atoms with E-state index in [1.165, 1.54) is 11.4 Å². The molecule has 2 heterocycles. The van der Waals surface area contributed by atoms with Crippen molar-refractivity contribution in [2.24, 2.45) is 0 Å². The summed E-state index contributed by atoms with van der Waals surface area (Å²) in [5.41, 5.74) is 2.34. The molecule has 0 radical (unpaired) electrons. The third-order valence-corrected chi connectivity index (χ3v) is 7.25. The first-order chi connectivity index (χ1) is 13.2. The Labute approximate surface area is 168 Å². The van der Waals surface area contributed by atoms with E-state index in [1.807, 2.05) is 13.8 Å². The number of thiophene rings is 1. The summed E-state index contributed by atoms with van der Waals surface area (Å²) in [4.78, 5) is 24.8. The zero-order valence-electron chi connectivity index (χ0n) is 16.1. The summed E-state index contributed by atoms with van der Waals surface area (Å²) in [6.45, 7) is 6.25. The number of hydrogen-bond acceptors (Lipinski definition) is 6. The lowest BCUT2D eigenvalue weighted by Gasteiger charge is -2.08. The Bertz CT molecular complexity index is 1000. The van der Waals surface area contributed by atoms with Gasteiger partial charge in [-0.15, -0.1) is 11.3 Å². The Hall–Kier alpha value is -1.97. The zero-order valence-corrected chi connectivity index (χ0v) is 17.8. The van der Waals surface area contributed by atoms with Crippen molar-refractivity contribution >= 4 is 33.1 Å². The number of Topliss-reactive ketones (excluding diaryl/α,β-unsaturated/α-hetero) is 1. The predicted octanol–water partition coefficient (Wildman–Crippen LogP) is 3.06. The highest BCUT2D eigenvalue weighted by Gasteiger charge is 2.32. The second-order valence-corrected chi connectivity index (χ2v) is 9.54. The number of carbonyl (C=O) groups excluding carboxylic acids is 2. The van der Waals surface area contributed by atoms with E-state index in [1.54, 1.807) is 6.07 Å². The van der Waals surface area contributed by atoms with Gasteiger partial charge in [-0.1, -0.05) is 6.92 Å². The maximum absolute atomic E-state index is 12.5. The normalized spacial score (nSPS) is 14.2. The van der Waals surface area contributed by atoms with Gasteiger partial charge in [-0.25, -0.2) is 17.9 Å². The van der Waals surface area contributed by atoms with Crippen LogP contribution in [0.25, 0.3) is 0 Å². The minimum absolute atomic E-state index is 0.0163. The average Bonchev–Trinajstić information content (AvgIpc) is 3.20. The van der Waals surface area contributed by atoms with Crippen LogP contribution in [0, 0.1) is 13.8 Å². The highest BCUT2D eigenvalue weighted by atomic mass is 32.2. The van der Waals surface area contributed by atoms with Crippen molar-refractivity contribution in [3.8, 4) is 0 Å². The largest absolute Gasteiger partial charge is 0.453 e. The number of aryl methyl sites for hydroxylation is 1. The van der Waals surface area contributed by atoms with E-state index in [4.69, 9.17) is 4.74 Å². The number of nitrogens with one attached hydrogen (secondary N) is 1. The maximum atomic E-state index is 12.5. The molecule has 9 heteroatoms. The number of ether oxygens (including phenoxy) is 1. The summed E-state index contributed by atoms with van der Waals surface area (Å²) >= 11 is 0.987. The van der Waals surface area contributed by atoms with Gasteiger partial charge in [0.15, 0.2) is 6.61 Å². The number of rotatable bonds is 9. The topological polar surface area (TPSA) is 94.5 Å². The van der Waals surface area contributed by atoms with Crippen molar-refractivity contribution < 1.29 is 22.7 Å². The lowest BCUT2D eigenvalue weighted by Crippen LogP contribution is -2.27. The Balaban J connectivity index is 1.69. The van der Waals surface area contributed by atoms with E-state index < -0.39 is 22.6 Å². The molecule has 1 saturated carbocycles. The van der Waals surface area contributed by atoms with E-state index in [9.17, 15) is 18.0 Å². The molecule has 0 aliphatic heterocycles. The second kappa shape index (κ2) is 8.18. The number of nitrogens with zero attached hydrogens (tertiary/aromatic N) is 1. The van der Waals surface area contributed by atoms with Crippen molar-refractivity contribution in [2.45, 2.75) is 57.5 Å². The molecule has 3 rings (SSSR count). The van der Waals surface area contributed by atoms with Gasteiger partial charge in [-0.2, -0.15) is 0 Å². The summed E-state index contributed by atoms with van der Waals surface area (Å²) in [5.74, 6) is -1.11. The molecule has 0 atom stereocenters. The van der Waals surface area contributed by atoms with Crippen LogP contribution in [-0.2, 0) is 21.3 Å². The summed E-state index contributed by atoms with van der Waals surface area (Å²) in [7, 11) is -3.76. The first kappa shape index (κ1) is 20.8. The molecule has 2 aromatic heterocycles. The van der Waals surface area contributed by atoms with Gasteiger partial charge in [0.1, 0.15) is 9.77 Å². The van der Waals surface area contributed by atoms with Crippen LogP contribution in [0.3, 0.4) is 0 Å². The van der Waals surface area contributed by atoms with E-state index in [0.717, 1.165) is 48.5 Å². The van der Waals surface area contributed by atoms with Gasteiger partial charge in [0.05, 0.1) is 0 Å². The molecule has 152 valence electrons. The first-order valence-electron chi connectivity index (χ1n) is 9.21. The number of aromatic nitrogens is 1. The maximum Gasteiger partial charge on any atom is 0.350 e. The fraction of sp³-hybridized carbons (Fsp3) is 0.474. The van der Waals surface area contributed by atoms with Gasteiger partial charge < -0.3 is 9.30 Å². The third kappa shape index (κ3) is 4.37. The fourth-order valence-corrected chi connectivity index (χ4v) is 5.68. The van der Waals surface area contributed by atoms with Crippen LogP contribution in [0.5, 0.6) is 0 Å². The highest BCUT2D eigenvalue weighted by molar-refractivity contribution is 7.89. The molecule has 1 N–H and O–H groups in total. The van der Waals surface area contributed by atoms with Crippen molar-refractivity contribution in [3.05, 3.63) is 39.3 Å². The molecule has 1 fully saturated rings. The molecule has 0 saturated heterocycles. The van der Waals surface area contributed by atoms with Crippen molar-refractivity contribution in [1.82, 2.24) is 9.29 Å². The van der Waals surface area contributed by atoms with Crippen LogP contribution in [0.15, 0.2) is 22.4 Å². The molecule has 1 aliphatic carbocycles. The lowest BCUT2D eigenvalue weighted by atomic mass is 10.1. The van der Waals surface area contributed by atoms with Crippen LogP contribution in [0.2, 0.25) is 0 Å². The van der Waals surface area contributed by atoms with Crippen LogP contribution in [0.1, 0.15) is 57.6 Å². The number of carbonyl (C=O) groups is 2. The second-order valence-electron chi connectivity index (χ2n) is 6.95. The summed E-state index contributed by atoms with van der Waals surface area (Å²) in [5, 5.41) is 1.53. The Morgan fingerprint density at radius 2 is 2.04 bits per heavy atom. The fourth-order valence-electron chi connectivity index (χ4n) is 3.07. The standard InChI is InChI=1S/C19H24N2O5S2/c1-4-8-21-12(2)10-15(13(21)3)16(22)11-26-19(23)18-17(7-9-27-18)28(24,25)20-14-5-6-14/h7,9-10,14,20H,4-6,8,11H2,1-3H3. The first-order valence-corrected chi connectivity index (χ1v) is 11.6. The minimum Gasteiger partial charge on any atom is -0.453 e. The third-order valence-electron chi connectivity index (χ3n) is 4.66. The van der Waals surface area contributed by atoms with Crippen molar-refractivity contribution in [3.63, 3.8) is 0 Å². The van der Waals surface area contributed by atoms with E-state index >= 15 is 0 Å². The Morgan fingerprint density at radius 1 is 1.32 bits per heavy atom. The van der Waals surface area contributed by atoms with Crippen molar-refractivity contribution in [2.75, 3.05) is 6.61 Å². The molecule has 1 aliphatic rings. The van der Waals surface area contributed by atoms with E-state index in [2.05, 4.69) is 16.2 Å². The quantitative estimate of drug-likeness (QED) is 0.493. The summed E-state index contributed by atoms with van der Waals surface area (Å²) in [6, 6.07) is 3.11. The van der Waals surface area contributed by atoms with Crippen LogP contribution < -0.4 is 4.72 Å². The molecule has 0 bridgehead atoms. The monoisotopic (exact) mass is 424 g/mol. The molecule has 0 unspecified atom stereocenters. The zero-order chi connectivity index (χ0) is 20.5. The summed E-state index contributed by atoms with van der Waals surface area (Å²) in [6.07, 6.45) is 2.55. The van der Waals surface area contributed by atoms with Gasteiger partial charge >= 0.3 is 5.97 Å². The molecule has 7 nitrogen and oxygen atoms in total.